The third-order valence-corrected chi connectivity index (χ3v) is 7.53. The van der Waals surface area contributed by atoms with Gasteiger partial charge < -0.3 is 9.64 Å². The van der Waals surface area contributed by atoms with E-state index in [4.69, 9.17) is 4.74 Å². The van der Waals surface area contributed by atoms with Gasteiger partial charge in [-0.15, -0.1) is 24.8 Å². The Morgan fingerprint density at radius 3 is 2.11 bits per heavy atom. The average molecular weight is 670 g/mol. The number of piperazine rings is 1. The summed E-state index contributed by atoms with van der Waals surface area (Å²) in [5, 5.41) is 2.04. The van der Waals surface area contributed by atoms with Crippen LogP contribution in [-0.2, 0) is 23.5 Å². The number of nitrogens with one attached hydrogen (secondary N) is 1. The number of halogens is 8. The van der Waals surface area contributed by atoms with Crippen LogP contribution in [0.3, 0.4) is 0 Å². The van der Waals surface area contributed by atoms with Gasteiger partial charge in [0.25, 0.3) is 5.91 Å². The summed E-state index contributed by atoms with van der Waals surface area (Å²) in [6.45, 7) is 8.54. The van der Waals surface area contributed by atoms with E-state index >= 15 is 0 Å². The third-order valence-electron chi connectivity index (χ3n) is 7.53. The molecule has 44 heavy (non-hydrogen) atoms. The Morgan fingerprint density at radius 2 is 1.52 bits per heavy atom. The number of nitrogens with zero attached hydrogens (tertiary/aromatic N) is 3. The number of aryl methyl sites for hydroxylation is 2. The number of carbonyl (C=O) groups is 1. The first-order valence-electron chi connectivity index (χ1n) is 13.7. The van der Waals surface area contributed by atoms with Crippen molar-refractivity contribution in [3.8, 4) is 11.8 Å². The summed E-state index contributed by atoms with van der Waals surface area (Å²) in [5.74, 6) is 5.34. The first-order valence-corrected chi connectivity index (χ1v) is 13.7. The molecule has 1 amide bonds. The summed E-state index contributed by atoms with van der Waals surface area (Å²) in [5.41, 5.74) is 2.63. The lowest BCUT2D eigenvalue weighted by Gasteiger charge is -2.41. The summed E-state index contributed by atoms with van der Waals surface area (Å²) in [4.78, 5) is 17.0. The second-order valence-corrected chi connectivity index (χ2v) is 10.6. The molecule has 0 radical (unpaired) electrons. The summed E-state index contributed by atoms with van der Waals surface area (Å²) in [6.07, 6.45) is -9.69. The third kappa shape index (κ3) is 10.3. The Kier molecular flexibility index (Phi) is 13.8. The molecule has 2 fully saturated rings. The van der Waals surface area contributed by atoms with Crippen molar-refractivity contribution in [1.29, 1.82) is 0 Å². The minimum Gasteiger partial charge on any atom is -0.379 e. The molecular formula is C30H36Cl2F6N4O2. The van der Waals surface area contributed by atoms with Crippen LogP contribution in [0.5, 0.6) is 0 Å². The van der Waals surface area contributed by atoms with E-state index in [1.165, 1.54) is 4.90 Å². The van der Waals surface area contributed by atoms with Gasteiger partial charge in [0.1, 0.15) is 0 Å². The summed E-state index contributed by atoms with van der Waals surface area (Å²) >= 11 is 0. The van der Waals surface area contributed by atoms with Crippen molar-refractivity contribution in [1.82, 2.24) is 20.2 Å². The van der Waals surface area contributed by atoms with Gasteiger partial charge in [-0.3, -0.25) is 9.69 Å². The quantitative estimate of drug-likeness (QED) is 0.330. The molecule has 2 heterocycles. The fraction of sp³-hybridized carbons (Fsp3) is 0.500. The van der Waals surface area contributed by atoms with Crippen LogP contribution in [0.1, 0.15) is 38.2 Å². The highest BCUT2D eigenvalue weighted by Gasteiger charge is 2.39. The molecule has 0 aliphatic carbocycles. The fourth-order valence-electron chi connectivity index (χ4n) is 5.06. The predicted molar refractivity (Wildman–Crippen MR) is 160 cm³/mol. The van der Waals surface area contributed by atoms with Crippen LogP contribution in [0.4, 0.5) is 26.3 Å². The number of benzene rings is 2. The summed E-state index contributed by atoms with van der Waals surface area (Å²) in [6, 6.07) is 6.42. The topological polar surface area (TPSA) is 48.0 Å². The predicted octanol–water partition coefficient (Wildman–Crippen LogP) is 5.39. The summed E-state index contributed by atoms with van der Waals surface area (Å²) < 4.78 is 86.2. The van der Waals surface area contributed by atoms with Crippen molar-refractivity contribution in [2.45, 2.75) is 38.7 Å². The van der Waals surface area contributed by atoms with Gasteiger partial charge in [-0.25, -0.2) is 10.4 Å². The van der Waals surface area contributed by atoms with Crippen molar-refractivity contribution in [3.05, 3.63) is 69.8 Å². The highest BCUT2D eigenvalue weighted by atomic mass is 35.5. The van der Waals surface area contributed by atoms with E-state index in [1.54, 1.807) is 0 Å². The van der Waals surface area contributed by atoms with Gasteiger partial charge in [0.05, 0.1) is 37.4 Å². The van der Waals surface area contributed by atoms with Gasteiger partial charge in [0, 0.05) is 44.3 Å². The van der Waals surface area contributed by atoms with Crippen molar-refractivity contribution in [2.75, 3.05) is 59.0 Å². The number of ether oxygens (including phenoxy) is 1. The van der Waals surface area contributed by atoms with Gasteiger partial charge in [0.15, 0.2) is 0 Å². The monoisotopic (exact) mass is 668 g/mol. The molecule has 2 saturated heterocycles. The zero-order valence-corrected chi connectivity index (χ0v) is 26.0. The SMILES string of the molecule is Cc1ccc(CC2CN(CC#CCNN3CCOCC3)CCN2C(=O)c2cc(C(F)(F)F)cc(C(F)(F)F)c2)cc1C.Cl.Cl. The maximum atomic E-state index is 13.6. The molecule has 0 bridgehead atoms. The lowest BCUT2D eigenvalue weighted by atomic mass is 9.97. The largest absolute Gasteiger partial charge is 0.416 e. The van der Waals surface area contributed by atoms with Crippen LogP contribution in [0, 0.1) is 25.7 Å². The number of hydrogen-bond acceptors (Lipinski definition) is 5. The van der Waals surface area contributed by atoms with Crippen LogP contribution in [0.15, 0.2) is 36.4 Å². The van der Waals surface area contributed by atoms with Crippen LogP contribution in [0.2, 0.25) is 0 Å². The number of rotatable bonds is 6. The number of hydrogen-bond donors (Lipinski definition) is 1. The molecule has 2 aliphatic heterocycles. The Bertz CT molecular complexity index is 1290. The smallest absolute Gasteiger partial charge is 0.379 e. The maximum Gasteiger partial charge on any atom is 0.416 e. The molecule has 1 atom stereocenters. The minimum absolute atomic E-state index is 0. The molecule has 4 rings (SSSR count). The molecule has 6 nitrogen and oxygen atoms in total. The second kappa shape index (κ2) is 16.2. The number of morpholine rings is 1. The van der Waals surface area contributed by atoms with Gasteiger partial charge in [0.2, 0.25) is 0 Å². The van der Waals surface area contributed by atoms with E-state index in [0.29, 0.717) is 57.9 Å². The average Bonchev–Trinajstić information content (AvgIpc) is 2.94. The molecule has 2 aromatic carbocycles. The fourth-order valence-corrected chi connectivity index (χ4v) is 5.06. The van der Waals surface area contributed by atoms with E-state index < -0.39 is 41.0 Å². The lowest BCUT2D eigenvalue weighted by molar-refractivity contribution is -0.143. The molecule has 1 N–H and O–H groups in total. The Morgan fingerprint density at radius 1 is 0.886 bits per heavy atom. The molecule has 1 unspecified atom stereocenters. The van der Waals surface area contributed by atoms with Crippen LogP contribution >= 0.6 is 24.8 Å². The van der Waals surface area contributed by atoms with E-state index in [2.05, 4.69) is 17.3 Å². The Labute approximate surface area is 265 Å². The molecule has 244 valence electrons. The van der Waals surface area contributed by atoms with Crippen molar-refractivity contribution >= 4 is 30.7 Å². The normalized spacial score (nSPS) is 18.1. The molecule has 0 spiro atoms. The van der Waals surface area contributed by atoms with E-state index in [0.717, 1.165) is 29.8 Å². The van der Waals surface area contributed by atoms with Crippen molar-refractivity contribution in [2.24, 2.45) is 0 Å². The van der Waals surface area contributed by atoms with Gasteiger partial charge in [-0.05, 0) is 55.2 Å². The number of amides is 1. The minimum atomic E-state index is -5.04. The zero-order valence-electron chi connectivity index (χ0n) is 24.4. The maximum absolute atomic E-state index is 13.6. The van der Waals surface area contributed by atoms with Gasteiger partial charge >= 0.3 is 12.4 Å². The van der Waals surface area contributed by atoms with E-state index in [-0.39, 0.29) is 37.4 Å². The van der Waals surface area contributed by atoms with E-state index in [1.807, 2.05) is 42.0 Å². The van der Waals surface area contributed by atoms with Crippen molar-refractivity contribution in [3.63, 3.8) is 0 Å². The first kappa shape index (κ1) is 37.7. The molecule has 0 aromatic heterocycles. The first-order chi connectivity index (χ1) is 19.8. The standard InChI is InChI=1S/C30H34F6N4O2.2ClH/c1-21-5-6-23(15-22(21)2)16-27-20-38(8-4-3-7-37-39-11-13-42-14-12-39)9-10-40(27)28(41)24-17-25(29(31,32)33)19-26(18-24)30(34,35)36;;/h5-6,15,17-19,27,37H,7-14,16,20H2,1-2H3;2*1H. The number of hydrazine groups is 1. The Balaban J connectivity index is 0.00000337. The van der Waals surface area contributed by atoms with Gasteiger partial charge in [-0.2, -0.15) is 26.3 Å². The van der Waals surface area contributed by atoms with Crippen molar-refractivity contribution < 1.29 is 35.9 Å². The number of carbonyl (C=O) groups excluding carboxylic acids is 1. The molecular weight excluding hydrogens is 633 g/mol. The highest BCUT2D eigenvalue weighted by Crippen LogP contribution is 2.37. The van der Waals surface area contributed by atoms with Crippen LogP contribution in [-0.4, -0.2) is 85.8 Å². The molecule has 2 aliphatic rings. The molecule has 14 heteroatoms. The second-order valence-electron chi connectivity index (χ2n) is 10.6. The highest BCUT2D eigenvalue weighted by molar-refractivity contribution is 5.95. The van der Waals surface area contributed by atoms with E-state index in [9.17, 15) is 31.1 Å². The molecule has 0 saturated carbocycles. The Hall–Kier alpha value is -2.53. The summed E-state index contributed by atoms with van der Waals surface area (Å²) in [7, 11) is 0. The molecule has 2 aromatic rings. The van der Waals surface area contributed by atoms with Crippen LogP contribution < -0.4 is 5.43 Å². The zero-order chi connectivity index (χ0) is 30.5. The van der Waals surface area contributed by atoms with Gasteiger partial charge in [-0.1, -0.05) is 30.0 Å². The number of alkyl halides is 6. The lowest BCUT2D eigenvalue weighted by Crippen LogP contribution is -2.56. The van der Waals surface area contributed by atoms with Crippen LogP contribution in [0.25, 0.3) is 0 Å².